The first-order valence-corrected chi connectivity index (χ1v) is 8.70. The summed E-state index contributed by atoms with van der Waals surface area (Å²) in [5.41, 5.74) is 0. The summed E-state index contributed by atoms with van der Waals surface area (Å²) < 4.78 is 10.2. The van der Waals surface area contributed by atoms with Gasteiger partial charge < -0.3 is 19.5 Å². The highest BCUT2D eigenvalue weighted by Crippen LogP contribution is 2.00. The molecule has 0 amide bonds. The van der Waals surface area contributed by atoms with Crippen LogP contribution in [0.2, 0.25) is 0 Å². The van der Waals surface area contributed by atoms with Gasteiger partial charge in [-0.05, 0) is 52.1 Å². The topological polar surface area (TPSA) is 76.1 Å². The van der Waals surface area contributed by atoms with E-state index in [1.165, 1.54) is 0 Å². The minimum Gasteiger partial charge on any atom is -0.466 e. The van der Waals surface area contributed by atoms with Gasteiger partial charge in [-0.25, -0.2) is 0 Å². The van der Waals surface area contributed by atoms with Crippen molar-refractivity contribution in [1.29, 1.82) is 0 Å². The van der Waals surface area contributed by atoms with E-state index in [2.05, 4.69) is 4.90 Å². The van der Waals surface area contributed by atoms with Crippen LogP contribution in [-0.2, 0) is 19.1 Å². The van der Waals surface area contributed by atoms with Crippen LogP contribution in [0.25, 0.3) is 0 Å². The number of carbonyl (C=O) groups is 2. The van der Waals surface area contributed by atoms with Crippen LogP contribution in [0.1, 0.15) is 58.3 Å². The quantitative estimate of drug-likeness (QED) is 0.366. The summed E-state index contributed by atoms with van der Waals surface area (Å²) in [4.78, 5) is 24.8. The first kappa shape index (κ1) is 21.9. The maximum Gasteiger partial charge on any atom is 0.307 e. The van der Waals surface area contributed by atoms with Crippen molar-refractivity contribution in [1.82, 2.24) is 4.90 Å². The van der Waals surface area contributed by atoms with Crippen molar-refractivity contribution in [2.24, 2.45) is 0 Å². The lowest BCUT2D eigenvalue weighted by Gasteiger charge is -2.15. The Labute approximate surface area is 140 Å². The number of hydrogen-bond acceptors (Lipinski definition) is 6. The second-order valence-electron chi connectivity index (χ2n) is 5.74. The molecule has 0 radical (unpaired) electrons. The van der Waals surface area contributed by atoms with Crippen molar-refractivity contribution < 1.29 is 24.2 Å². The fraction of sp³-hybridized carbons (Fsp3) is 0.882. The molecule has 0 bridgehead atoms. The van der Waals surface area contributed by atoms with Gasteiger partial charge in [0.2, 0.25) is 0 Å². The molecule has 0 rings (SSSR count). The minimum absolute atomic E-state index is 0.137. The van der Waals surface area contributed by atoms with Crippen LogP contribution in [0.15, 0.2) is 0 Å². The van der Waals surface area contributed by atoms with Gasteiger partial charge in [0.05, 0.1) is 19.6 Å². The number of carbonyl (C=O) groups excluding carboxylic acids is 2. The average Bonchev–Trinajstić information content (AvgIpc) is 2.52. The van der Waals surface area contributed by atoms with E-state index in [1.54, 1.807) is 0 Å². The van der Waals surface area contributed by atoms with E-state index < -0.39 is 0 Å². The van der Waals surface area contributed by atoms with Crippen molar-refractivity contribution in [3.63, 3.8) is 0 Å². The SMILES string of the molecule is CCCC(=O)OCCCCCOC(=O)CCN(C)CCCCO. The van der Waals surface area contributed by atoms with E-state index in [9.17, 15) is 9.59 Å². The molecule has 6 heteroatoms. The molecule has 0 heterocycles. The van der Waals surface area contributed by atoms with Crippen molar-refractivity contribution in [3.8, 4) is 0 Å². The van der Waals surface area contributed by atoms with E-state index >= 15 is 0 Å². The lowest BCUT2D eigenvalue weighted by Crippen LogP contribution is -2.24. The highest BCUT2D eigenvalue weighted by atomic mass is 16.5. The predicted octanol–water partition coefficient (Wildman–Crippen LogP) is 2.14. The van der Waals surface area contributed by atoms with Crippen molar-refractivity contribution >= 4 is 11.9 Å². The summed E-state index contributed by atoms with van der Waals surface area (Å²) in [6.45, 7) is 4.60. The Balaban J connectivity index is 3.38. The Morgan fingerprint density at radius 1 is 0.870 bits per heavy atom. The Morgan fingerprint density at radius 3 is 2.04 bits per heavy atom. The number of esters is 2. The van der Waals surface area contributed by atoms with E-state index in [4.69, 9.17) is 14.6 Å². The largest absolute Gasteiger partial charge is 0.466 e. The van der Waals surface area contributed by atoms with Gasteiger partial charge in [0.25, 0.3) is 0 Å². The molecule has 0 aromatic heterocycles. The third-order valence-electron chi connectivity index (χ3n) is 3.41. The van der Waals surface area contributed by atoms with Crippen LogP contribution >= 0.6 is 0 Å². The van der Waals surface area contributed by atoms with Crippen molar-refractivity contribution in [2.75, 3.05) is 40.0 Å². The second kappa shape index (κ2) is 15.7. The van der Waals surface area contributed by atoms with E-state index in [0.29, 0.717) is 32.6 Å². The van der Waals surface area contributed by atoms with E-state index in [-0.39, 0.29) is 18.5 Å². The number of hydrogen-bond donors (Lipinski definition) is 1. The van der Waals surface area contributed by atoms with Crippen LogP contribution in [0.3, 0.4) is 0 Å². The summed E-state index contributed by atoms with van der Waals surface area (Å²) in [5, 5.41) is 8.71. The standard InChI is InChI=1S/C17H33NO5/c1-3-9-16(20)22-14-7-4-8-15-23-17(21)10-12-18(2)11-5-6-13-19/h19H,3-15H2,1-2H3. The fourth-order valence-corrected chi connectivity index (χ4v) is 1.99. The maximum absolute atomic E-state index is 11.6. The van der Waals surface area contributed by atoms with Crippen LogP contribution in [-0.4, -0.2) is 61.9 Å². The van der Waals surface area contributed by atoms with Gasteiger partial charge in [-0.15, -0.1) is 0 Å². The average molecular weight is 331 g/mol. The van der Waals surface area contributed by atoms with Gasteiger partial charge in [-0.1, -0.05) is 6.92 Å². The lowest BCUT2D eigenvalue weighted by molar-refractivity contribution is -0.144. The maximum atomic E-state index is 11.6. The van der Waals surface area contributed by atoms with Crippen molar-refractivity contribution in [2.45, 2.75) is 58.3 Å². The summed E-state index contributed by atoms with van der Waals surface area (Å²) >= 11 is 0. The molecule has 6 nitrogen and oxygen atoms in total. The molecule has 0 saturated carbocycles. The lowest BCUT2D eigenvalue weighted by atomic mass is 10.2. The summed E-state index contributed by atoms with van der Waals surface area (Å²) in [6, 6.07) is 0. The Morgan fingerprint density at radius 2 is 1.48 bits per heavy atom. The molecule has 0 aliphatic rings. The molecule has 0 spiro atoms. The number of unbranched alkanes of at least 4 members (excludes halogenated alkanes) is 3. The summed E-state index contributed by atoms with van der Waals surface area (Å²) in [5.74, 6) is -0.310. The highest BCUT2D eigenvalue weighted by molar-refractivity contribution is 5.69. The molecule has 0 atom stereocenters. The smallest absolute Gasteiger partial charge is 0.307 e. The Hall–Kier alpha value is -1.14. The van der Waals surface area contributed by atoms with E-state index in [1.807, 2.05) is 14.0 Å². The number of aliphatic hydroxyl groups is 1. The van der Waals surface area contributed by atoms with Gasteiger partial charge in [0.15, 0.2) is 0 Å². The number of rotatable bonds is 15. The predicted molar refractivity (Wildman–Crippen MR) is 89.1 cm³/mol. The first-order valence-electron chi connectivity index (χ1n) is 8.70. The minimum atomic E-state index is -0.173. The zero-order valence-corrected chi connectivity index (χ0v) is 14.7. The summed E-state index contributed by atoms with van der Waals surface area (Å²) in [7, 11) is 1.96. The van der Waals surface area contributed by atoms with Crippen LogP contribution in [0, 0.1) is 0 Å². The van der Waals surface area contributed by atoms with Gasteiger partial charge in [0, 0.05) is 19.6 Å². The van der Waals surface area contributed by atoms with Crippen LogP contribution in [0.5, 0.6) is 0 Å². The van der Waals surface area contributed by atoms with E-state index in [0.717, 1.165) is 45.1 Å². The molecule has 0 fully saturated rings. The third kappa shape index (κ3) is 15.5. The molecule has 0 aromatic carbocycles. The third-order valence-corrected chi connectivity index (χ3v) is 3.41. The van der Waals surface area contributed by atoms with Crippen LogP contribution in [0.4, 0.5) is 0 Å². The van der Waals surface area contributed by atoms with Gasteiger partial charge in [-0.3, -0.25) is 9.59 Å². The van der Waals surface area contributed by atoms with Gasteiger partial charge >= 0.3 is 11.9 Å². The number of aliphatic hydroxyl groups excluding tert-OH is 1. The normalized spacial score (nSPS) is 10.8. The van der Waals surface area contributed by atoms with Crippen LogP contribution < -0.4 is 0 Å². The molecule has 0 saturated heterocycles. The van der Waals surface area contributed by atoms with Crippen molar-refractivity contribution in [3.05, 3.63) is 0 Å². The zero-order valence-electron chi connectivity index (χ0n) is 14.7. The molecule has 0 unspecified atom stereocenters. The second-order valence-corrected chi connectivity index (χ2v) is 5.74. The Kier molecular flexibility index (Phi) is 15.0. The molecular formula is C17H33NO5. The molecule has 0 aromatic rings. The molecular weight excluding hydrogens is 298 g/mol. The van der Waals surface area contributed by atoms with Gasteiger partial charge in [0.1, 0.15) is 0 Å². The Bertz CT molecular complexity index is 309. The molecule has 1 N–H and O–H groups in total. The molecule has 0 aliphatic carbocycles. The number of ether oxygens (including phenoxy) is 2. The summed E-state index contributed by atoms with van der Waals surface area (Å²) in [6.07, 6.45) is 5.90. The molecule has 0 aliphatic heterocycles. The number of nitrogens with zero attached hydrogens (tertiary/aromatic N) is 1. The molecule has 136 valence electrons. The highest BCUT2D eigenvalue weighted by Gasteiger charge is 2.06. The van der Waals surface area contributed by atoms with Gasteiger partial charge in [-0.2, -0.15) is 0 Å². The zero-order chi connectivity index (χ0) is 17.3. The first-order chi connectivity index (χ1) is 11.1. The monoisotopic (exact) mass is 331 g/mol. The fourth-order valence-electron chi connectivity index (χ4n) is 1.99. The molecule has 23 heavy (non-hydrogen) atoms.